The van der Waals surface area contributed by atoms with Gasteiger partial charge in [0.15, 0.2) is 0 Å². The molecule has 6 unspecified atom stereocenters. The molecular weight excluding hydrogens is 284 g/mol. The highest BCUT2D eigenvalue weighted by Crippen LogP contribution is 2.51. The third-order valence-corrected chi connectivity index (χ3v) is 4.85. The van der Waals surface area contributed by atoms with Crippen molar-refractivity contribution in [1.82, 2.24) is 0 Å². The van der Waals surface area contributed by atoms with Crippen LogP contribution in [-0.4, -0.2) is 44.3 Å². The second-order valence-electron chi connectivity index (χ2n) is 5.77. The largest absolute Gasteiger partial charge is 0.481 e. The quantitative estimate of drug-likeness (QED) is 0.576. The highest BCUT2D eigenvalue weighted by Gasteiger charge is 2.57. The molecular formula is C13H16O8. The van der Waals surface area contributed by atoms with Gasteiger partial charge in [-0.25, -0.2) is 0 Å². The molecule has 3 rings (SSSR count). The molecule has 21 heavy (non-hydrogen) atoms. The van der Waals surface area contributed by atoms with Gasteiger partial charge < -0.3 is 20.4 Å². The first-order valence-electron chi connectivity index (χ1n) is 6.67. The summed E-state index contributed by atoms with van der Waals surface area (Å²) >= 11 is 0. The molecule has 0 aliphatic heterocycles. The van der Waals surface area contributed by atoms with Crippen molar-refractivity contribution in [2.24, 2.45) is 35.5 Å². The van der Waals surface area contributed by atoms with Crippen LogP contribution < -0.4 is 0 Å². The topological polar surface area (TPSA) is 149 Å². The van der Waals surface area contributed by atoms with Gasteiger partial charge in [0.05, 0.1) is 23.7 Å². The molecule has 3 fully saturated rings. The summed E-state index contributed by atoms with van der Waals surface area (Å²) in [5.41, 5.74) is 0. The van der Waals surface area contributed by atoms with E-state index in [1.54, 1.807) is 0 Å². The van der Waals surface area contributed by atoms with E-state index in [-0.39, 0.29) is 12.8 Å². The fourth-order valence-corrected chi connectivity index (χ4v) is 4.07. The lowest BCUT2D eigenvalue weighted by atomic mass is 9.65. The smallest absolute Gasteiger partial charge is 0.307 e. The van der Waals surface area contributed by atoms with Gasteiger partial charge in [0.2, 0.25) is 0 Å². The Morgan fingerprint density at radius 2 is 1.19 bits per heavy atom. The summed E-state index contributed by atoms with van der Waals surface area (Å²) in [6, 6.07) is 0. The van der Waals surface area contributed by atoms with E-state index in [1.165, 1.54) is 0 Å². The molecule has 3 saturated carbocycles. The Hall–Kier alpha value is -2.12. The molecule has 3 aliphatic carbocycles. The van der Waals surface area contributed by atoms with Crippen LogP contribution in [0.4, 0.5) is 0 Å². The molecule has 6 atom stereocenters. The van der Waals surface area contributed by atoms with Crippen LogP contribution in [-0.2, 0) is 19.2 Å². The molecule has 3 aliphatic rings. The third kappa shape index (κ3) is 2.45. The van der Waals surface area contributed by atoms with Crippen molar-refractivity contribution in [1.29, 1.82) is 0 Å². The number of carboxylic acid groups (broad SMARTS) is 4. The predicted octanol–water partition coefficient (Wildman–Crippen LogP) is 0.220. The maximum absolute atomic E-state index is 11.5. The summed E-state index contributed by atoms with van der Waals surface area (Å²) in [4.78, 5) is 45.6. The lowest BCUT2D eigenvalue weighted by Crippen LogP contribution is -2.45. The van der Waals surface area contributed by atoms with E-state index in [9.17, 15) is 39.6 Å². The highest BCUT2D eigenvalue weighted by molar-refractivity contribution is 5.85. The van der Waals surface area contributed by atoms with Crippen LogP contribution in [0.15, 0.2) is 0 Å². The summed E-state index contributed by atoms with van der Waals surface area (Å²) in [6.07, 6.45) is 0.467. The van der Waals surface area contributed by atoms with Gasteiger partial charge in [0.1, 0.15) is 0 Å². The Bertz CT molecular complexity index is 482. The third-order valence-electron chi connectivity index (χ3n) is 4.85. The first-order valence-corrected chi connectivity index (χ1v) is 6.67. The average molecular weight is 300 g/mol. The van der Waals surface area contributed by atoms with Crippen molar-refractivity contribution in [3.8, 4) is 0 Å². The molecule has 0 radical (unpaired) electrons. The van der Waals surface area contributed by atoms with Crippen LogP contribution in [0.2, 0.25) is 0 Å². The number of carboxylic acids is 4. The number of hydrogen-bond donors (Lipinski definition) is 4. The van der Waals surface area contributed by atoms with E-state index in [1.807, 2.05) is 0 Å². The molecule has 116 valence electrons. The minimum Gasteiger partial charge on any atom is -0.481 e. The Kier molecular flexibility index (Phi) is 3.89. The van der Waals surface area contributed by atoms with Gasteiger partial charge >= 0.3 is 23.9 Å². The zero-order chi connectivity index (χ0) is 15.9. The number of carbonyl (C=O) groups is 4. The van der Waals surface area contributed by atoms with Gasteiger partial charge in [0.25, 0.3) is 0 Å². The zero-order valence-electron chi connectivity index (χ0n) is 11.0. The first kappa shape index (κ1) is 15.3. The fraction of sp³-hybridized carbons (Fsp3) is 0.692. The lowest BCUT2D eigenvalue weighted by molar-refractivity contribution is -0.165. The van der Waals surface area contributed by atoms with E-state index in [4.69, 9.17) is 0 Å². The van der Waals surface area contributed by atoms with Crippen LogP contribution >= 0.6 is 0 Å². The molecule has 0 aromatic carbocycles. The summed E-state index contributed by atoms with van der Waals surface area (Å²) in [5, 5.41) is 37.2. The number of rotatable bonds is 4. The van der Waals surface area contributed by atoms with Crippen molar-refractivity contribution < 1.29 is 39.6 Å². The standard InChI is InChI=1S/C13H16O8/c14-10(15)6-3-4-1-2-5(8(6)12(18)19)9(13(20)21)7(4)11(16)17/h4-9H,1-3H2,(H,14,15)(H,16,17)(H,18,19)(H,20,21). The molecule has 8 nitrogen and oxygen atoms in total. The monoisotopic (exact) mass is 300 g/mol. The normalized spacial score (nSPS) is 38.5. The van der Waals surface area contributed by atoms with E-state index in [2.05, 4.69) is 0 Å². The van der Waals surface area contributed by atoms with Crippen LogP contribution in [0.5, 0.6) is 0 Å². The predicted molar refractivity (Wildman–Crippen MR) is 65.3 cm³/mol. The molecule has 8 heteroatoms. The summed E-state index contributed by atoms with van der Waals surface area (Å²) < 4.78 is 0. The van der Waals surface area contributed by atoms with E-state index < -0.39 is 59.4 Å². The number of hydrogen-bond acceptors (Lipinski definition) is 4. The fourth-order valence-electron chi connectivity index (χ4n) is 4.07. The van der Waals surface area contributed by atoms with Crippen LogP contribution in [0, 0.1) is 35.5 Å². The molecule has 4 N–H and O–H groups in total. The number of fused-ring (bicyclic) bond motifs is 4. The van der Waals surface area contributed by atoms with E-state index in [0.717, 1.165) is 0 Å². The van der Waals surface area contributed by atoms with Crippen LogP contribution in [0.3, 0.4) is 0 Å². The van der Waals surface area contributed by atoms with Gasteiger partial charge in [-0.2, -0.15) is 0 Å². The van der Waals surface area contributed by atoms with Gasteiger partial charge in [-0.1, -0.05) is 0 Å². The van der Waals surface area contributed by atoms with Crippen molar-refractivity contribution in [2.45, 2.75) is 19.3 Å². The van der Waals surface area contributed by atoms with Crippen molar-refractivity contribution in [3.63, 3.8) is 0 Å². The minimum atomic E-state index is -1.37. The minimum absolute atomic E-state index is 0.108. The lowest BCUT2D eigenvalue weighted by Gasteiger charge is -2.36. The van der Waals surface area contributed by atoms with E-state index in [0.29, 0.717) is 6.42 Å². The van der Waals surface area contributed by atoms with Gasteiger partial charge in [-0.3, -0.25) is 19.2 Å². The molecule has 0 aromatic heterocycles. The number of aliphatic carboxylic acids is 4. The maximum Gasteiger partial charge on any atom is 0.307 e. The molecule has 0 spiro atoms. The van der Waals surface area contributed by atoms with Gasteiger partial charge in [-0.15, -0.1) is 0 Å². The second kappa shape index (κ2) is 5.34. The van der Waals surface area contributed by atoms with Crippen molar-refractivity contribution in [2.75, 3.05) is 0 Å². The van der Waals surface area contributed by atoms with Crippen LogP contribution in [0.25, 0.3) is 0 Å². The molecule has 0 aromatic rings. The van der Waals surface area contributed by atoms with E-state index >= 15 is 0 Å². The zero-order valence-corrected chi connectivity index (χ0v) is 11.0. The Balaban J connectivity index is 2.53. The second-order valence-corrected chi connectivity index (χ2v) is 5.77. The maximum atomic E-state index is 11.5. The molecule has 0 heterocycles. The van der Waals surface area contributed by atoms with Crippen LogP contribution in [0.1, 0.15) is 19.3 Å². The van der Waals surface area contributed by atoms with Crippen molar-refractivity contribution in [3.05, 3.63) is 0 Å². The first-order chi connectivity index (χ1) is 9.75. The Labute approximate surface area is 119 Å². The van der Waals surface area contributed by atoms with Gasteiger partial charge in [-0.05, 0) is 31.1 Å². The van der Waals surface area contributed by atoms with Gasteiger partial charge in [0, 0.05) is 0 Å². The molecule has 0 amide bonds. The Morgan fingerprint density at radius 1 is 0.667 bits per heavy atom. The summed E-state index contributed by atoms with van der Waals surface area (Å²) in [6.45, 7) is 0. The average Bonchev–Trinajstić information content (AvgIpc) is 2.64. The molecule has 2 bridgehead atoms. The van der Waals surface area contributed by atoms with Crippen molar-refractivity contribution >= 4 is 23.9 Å². The SMILES string of the molecule is O=C(O)C1CC2CCC(C1C(=O)O)C(C(=O)O)C2C(=O)O. The highest BCUT2D eigenvalue weighted by atomic mass is 16.4. The Morgan fingerprint density at radius 3 is 1.62 bits per heavy atom. The summed E-state index contributed by atoms with van der Waals surface area (Å²) in [5.74, 6) is -12.1. The summed E-state index contributed by atoms with van der Waals surface area (Å²) in [7, 11) is 0. The molecule has 0 saturated heterocycles.